The van der Waals surface area contributed by atoms with Gasteiger partial charge in [0.25, 0.3) is 0 Å². The number of pyridine rings is 1. The van der Waals surface area contributed by atoms with E-state index in [1.165, 1.54) is 12.8 Å². The highest BCUT2D eigenvalue weighted by molar-refractivity contribution is 9.10. The summed E-state index contributed by atoms with van der Waals surface area (Å²) in [6, 6.07) is 2.54. The fraction of sp³-hybridized carbons (Fsp3) is 0.583. The Balaban J connectivity index is 1.94. The van der Waals surface area contributed by atoms with Crippen LogP contribution in [0.1, 0.15) is 26.7 Å². The summed E-state index contributed by atoms with van der Waals surface area (Å²) in [5.74, 6) is 1.64. The third-order valence-corrected chi connectivity index (χ3v) is 4.02. The summed E-state index contributed by atoms with van der Waals surface area (Å²) in [6.07, 6.45) is 4.19. The first-order valence-corrected chi connectivity index (χ1v) is 6.81. The van der Waals surface area contributed by atoms with Gasteiger partial charge in [-0.3, -0.25) is 0 Å². The predicted octanol–water partition coefficient (Wildman–Crippen LogP) is 4.34. The molecule has 0 unspecified atom stereocenters. The lowest BCUT2D eigenvalue weighted by atomic mass is 9.73. The zero-order valence-corrected chi connectivity index (χ0v) is 11.8. The largest absolute Gasteiger partial charge is 0.380 e. The first-order chi connectivity index (χ1) is 7.56. The van der Waals surface area contributed by atoms with Crippen LogP contribution in [0.25, 0.3) is 0 Å². The molecule has 0 amide bonds. The van der Waals surface area contributed by atoms with Crippen molar-refractivity contribution in [3.8, 4) is 0 Å². The van der Waals surface area contributed by atoms with E-state index in [0.29, 0.717) is 11.2 Å². The minimum absolute atomic E-state index is 0.552. The maximum absolute atomic E-state index is 6.03. The Bertz CT molecular complexity index is 375. The zero-order chi connectivity index (χ0) is 11.7. The minimum atomic E-state index is 0.552. The Labute approximate surface area is 110 Å². The summed E-state index contributed by atoms with van der Waals surface area (Å²) in [5.41, 5.74) is 0.934. The SMILES string of the molecule is CC(C)C1CC(Nc2cc(Br)cnc2Cl)C1. The van der Waals surface area contributed by atoms with E-state index in [0.717, 1.165) is 22.0 Å². The van der Waals surface area contributed by atoms with Crippen LogP contribution in [0, 0.1) is 11.8 Å². The monoisotopic (exact) mass is 302 g/mol. The van der Waals surface area contributed by atoms with E-state index in [9.17, 15) is 0 Å². The minimum Gasteiger partial charge on any atom is -0.380 e. The van der Waals surface area contributed by atoms with Gasteiger partial charge < -0.3 is 5.32 Å². The number of aromatic nitrogens is 1. The van der Waals surface area contributed by atoms with Gasteiger partial charge in [0.05, 0.1) is 5.69 Å². The summed E-state index contributed by atoms with van der Waals surface area (Å²) in [5, 5.41) is 4.00. The van der Waals surface area contributed by atoms with E-state index in [4.69, 9.17) is 11.6 Å². The molecule has 0 radical (unpaired) electrons. The second kappa shape index (κ2) is 4.92. The molecule has 1 saturated carbocycles. The molecule has 0 bridgehead atoms. The number of nitrogens with one attached hydrogen (secondary N) is 1. The lowest BCUT2D eigenvalue weighted by molar-refractivity contribution is 0.212. The van der Waals surface area contributed by atoms with Gasteiger partial charge in [-0.25, -0.2) is 4.98 Å². The van der Waals surface area contributed by atoms with Gasteiger partial charge in [-0.1, -0.05) is 25.4 Å². The van der Waals surface area contributed by atoms with E-state index in [-0.39, 0.29) is 0 Å². The third kappa shape index (κ3) is 2.69. The van der Waals surface area contributed by atoms with Crippen LogP contribution in [-0.2, 0) is 0 Å². The normalized spacial score (nSPS) is 24.3. The molecule has 1 heterocycles. The molecule has 0 atom stereocenters. The molecule has 0 spiro atoms. The molecule has 0 aliphatic heterocycles. The highest BCUT2D eigenvalue weighted by atomic mass is 79.9. The Morgan fingerprint density at radius 1 is 1.50 bits per heavy atom. The van der Waals surface area contributed by atoms with Gasteiger partial charge in [-0.15, -0.1) is 0 Å². The smallest absolute Gasteiger partial charge is 0.152 e. The van der Waals surface area contributed by atoms with E-state index >= 15 is 0 Å². The number of hydrogen-bond acceptors (Lipinski definition) is 2. The topological polar surface area (TPSA) is 24.9 Å². The van der Waals surface area contributed by atoms with Crippen molar-refractivity contribution in [3.05, 3.63) is 21.9 Å². The quantitative estimate of drug-likeness (QED) is 0.840. The van der Waals surface area contributed by atoms with Crippen LogP contribution in [-0.4, -0.2) is 11.0 Å². The van der Waals surface area contributed by atoms with E-state index in [1.54, 1.807) is 6.20 Å². The molecule has 1 aromatic rings. The van der Waals surface area contributed by atoms with Crippen molar-refractivity contribution >= 4 is 33.2 Å². The summed E-state index contributed by atoms with van der Waals surface area (Å²) < 4.78 is 0.958. The van der Waals surface area contributed by atoms with E-state index in [2.05, 4.69) is 40.1 Å². The third-order valence-electron chi connectivity index (χ3n) is 3.28. The number of anilines is 1. The second-order valence-electron chi connectivity index (χ2n) is 4.81. The van der Waals surface area contributed by atoms with Gasteiger partial charge in [0.15, 0.2) is 5.15 Å². The summed E-state index contributed by atoms with van der Waals surface area (Å²) in [6.45, 7) is 4.57. The highest BCUT2D eigenvalue weighted by Crippen LogP contribution is 2.36. The fourth-order valence-corrected chi connectivity index (χ4v) is 2.56. The molecule has 2 nitrogen and oxygen atoms in total. The molecule has 88 valence electrons. The average Bonchev–Trinajstić information content (AvgIpc) is 2.15. The van der Waals surface area contributed by atoms with E-state index in [1.807, 2.05) is 6.07 Å². The number of rotatable bonds is 3. The van der Waals surface area contributed by atoms with Gasteiger partial charge in [0, 0.05) is 16.7 Å². The number of hydrogen-bond donors (Lipinski definition) is 1. The van der Waals surface area contributed by atoms with Crippen LogP contribution < -0.4 is 5.32 Å². The first-order valence-electron chi connectivity index (χ1n) is 5.64. The second-order valence-corrected chi connectivity index (χ2v) is 6.08. The molecule has 1 fully saturated rings. The summed E-state index contributed by atoms with van der Waals surface area (Å²) >= 11 is 9.43. The lowest BCUT2D eigenvalue weighted by Crippen LogP contribution is -2.38. The van der Waals surface area contributed by atoms with Crippen molar-refractivity contribution in [2.45, 2.75) is 32.7 Å². The molecule has 1 aromatic heterocycles. The van der Waals surface area contributed by atoms with Crippen molar-refractivity contribution in [2.75, 3.05) is 5.32 Å². The summed E-state index contributed by atoms with van der Waals surface area (Å²) in [7, 11) is 0. The van der Waals surface area contributed by atoms with Gasteiger partial charge in [0.2, 0.25) is 0 Å². The maximum atomic E-state index is 6.03. The number of nitrogens with zero attached hydrogens (tertiary/aromatic N) is 1. The molecule has 0 saturated heterocycles. The van der Waals surface area contributed by atoms with Gasteiger partial charge in [-0.05, 0) is 46.7 Å². The Morgan fingerprint density at radius 3 is 2.81 bits per heavy atom. The molecule has 4 heteroatoms. The van der Waals surface area contributed by atoms with Crippen molar-refractivity contribution in [2.24, 2.45) is 11.8 Å². The van der Waals surface area contributed by atoms with Crippen LogP contribution in [0.3, 0.4) is 0 Å². The zero-order valence-electron chi connectivity index (χ0n) is 9.50. The van der Waals surface area contributed by atoms with Crippen LogP contribution in [0.15, 0.2) is 16.7 Å². The van der Waals surface area contributed by atoms with E-state index < -0.39 is 0 Å². The first kappa shape index (κ1) is 12.2. The van der Waals surface area contributed by atoms with Crippen molar-refractivity contribution in [1.82, 2.24) is 4.98 Å². The predicted molar refractivity (Wildman–Crippen MR) is 71.9 cm³/mol. The molecule has 0 aromatic carbocycles. The molecule has 1 aliphatic rings. The van der Waals surface area contributed by atoms with Crippen LogP contribution in [0.4, 0.5) is 5.69 Å². The van der Waals surface area contributed by atoms with Gasteiger partial charge >= 0.3 is 0 Å². The molecule has 1 N–H and O–H groups in total. The standard InChI is InChI=1S/C12H16BrClN2/c1-7(2)8-3-10(4-8)16-11-5-9(13)6-15-12(11)14/h5-8,10,16H,3-4H2,1-2H3. The number of halogens is 2. The highest BCUT2D eigenvalue weighted by Gasteiger charge is 2.31. The molecule has 16 heavy (non-hydrogen) atoms. The van der Waals surface area contributed by atoms with Gasteiger partial charge in [-0.2, -0.15) is 0 Å². The van der Waals surface area contributed by atoms with Crippen LogP contribution in [0.5, 0.6) is 0 Å². The van der Waals surface area contributed by atoms with Crippen molar-refractivity contribution in [3.63, 3.8) is 0 Å². The molecule has 2 rings (SSSR count). The fourth-order valence-electron chi connectivity index (χ4n) is 2.07. The van der Waals surface area contributed by atoms with Crippen LogP contribution in [0.2, 0.25) is 5.15 Å². The van der Waals surface area contributed by atoms with Crippen molar-refractivity contribution < 1.29 is 0 Å². The molecular formula is C12H16BrClN2. The van der Waals surface area contributed by atoms with Crippen molar-refractivity contribution in [1.29, 1.82) is 0 Å². The summed E-state index contributed by atoms with van der Waals surface area (Å²) in [4.78, 5) is 4.10. The molecule has 1 aliphatic carbocycles. The Morgan fingerprint density at radius 2 is 2.19 bits per heavy atom. The average molecular weight is 304 g/mol. The molecular weight excluding hydrogens is 288 g/mol. The Kier molecular flexibility index (Phi) is 3.75. The Hall–Kier alpha value is -0.280. The maximum Gasteiger partial charge on any atom is 0.152 e. The lowest BCUT2D eigenvalue weighted by Gasteiger charge is -2.39. The van der Waals surface area contributed by atoms with Crippen LogP contribution >= 0.6 is 27.5 Å². The van der Waals surface area contributed by atoms with Gasteiger partial charge in [0.1, 0.15) is 0 Å².